The van der Waals surface area contributed by atoms with Crippen molar-refractivity contribution in [2.45, 2.75) is 35.7 Å². The SMILES string of the molecule is IC1COCC1OCCC1CCC1. The molecule has 76 valence electrons. The van der Waals surface area contributed by atoms with E-state index in [0.717, 1.165) is 25.7 Å². The first-order chi connectivity index (χ1) is 6.36. The normalized spacial score (nSPS) is 34.8. The average Bonchev–Trinajstić information content (AvgIpc) is 2.42. The Morgan fingerprint density at radius 3 is 2.69 bits per heavy atom. The van der Waals surface area contributed by atoms with Gasteiger partial charge in [0.15, 0.2) is 0 Å². The van der Waals surface area contributed by atoms with E-state index in [1.807, 2.05) is 0 Å². The number of rotatable bonds is 4. The minimum atomic E-state index is 0.362. The summed E-state index contributed by atoms with van der Waals surface area (Å²) < 4.78 is 11.7. The lowest BCUT2D eigenvalue weighted by Gasteiger charge is -2.25. The third-order valence-electron chi connectivity index (χ3n) is 3.05. The Hall–Kier alpha value is 0.650. The van der Waals surface area contributed by atoms with Gasteiger partial charge in [0.25, 0.3) is 0 Å². The van der Waals surface area contributed by atoms with Crippen LogP contribution in [0.3, 0.4) is 0 Å². The molecule has 2 rings (SSSR count). The van der Waals surface area contributed by atoms with E-state index in [1.54, 1.807) is 0 Å². The van der Waals surface area contributed by atoms with E-state index in [4.69, 9.17) is 9.47 Å². The van der Waals surface area contributed by atoms with Gasteiger partial charge in [-0.25, -0.2) is 0 Å². The van der Waals surface area contributed by atoms with Crippen LogP contribution < -0.4 is 0 Å². The number of ether oxygens (including phenoxy) is 2. The Morgan fingerprint density at radius 1 is 1.31 bits per heavy atom. The fourth-order valence-electron chi connectivity index (χ4n) is 1.83. The molecule has 2 fully saturated rings. The highest BCUT2D eigenvalue weighted by atomic mass is 127. The summed E-state index contributed by atoms with van der Waals surface area (Å²) in [6, 6.07) is 0. The summed E-state index contributed by atoms with van der Waals surface area (Å²) in [5.74, 6) is 0.968. The van der Waals surface area contributed by atoms with Gasteiger partial charge >= 0.3 is 0 Å². The molecule has 1 aliphatic heterocycles. The van der Waals surface area contributed by atoms with Gasteiger partial charge in [0.2, 0.25) is 0 Å². The van der Waals surface area contributed by atoms with Crippen LogP contribution in [0.15, 0.2) is 0 Å². The standard InChI is InChI=1S/C10H17IO2/c11-9-6-12-7-10(9)13-5-4-8-2-1-3-8/h8-10H,1-7H2. The predicted molar refractivity (Wildman–Crippen MR) is 60.3 cm³/mol. The fraction of sp³-hybridized carbons (Fsp3) is 1.00. The zero-order valence-corrected chi connectivity index (χ0v) is 10.0. The van der Waals surface area contributed by atoms with Gasteiger partial charge in [-0.1, -0.05) is 41.9 Å². The summed E-state index contributed by atoms with van der Waals surface area (Å²) in [4.78, 5) is 0. The number of halogens is 1. The van der Waals surface area contributed by atoms with Crippen LogP contribution in [0.2, 0.25) is 0 Å². The molecule has 0 spiro atoms. The van der Waals surface area contributed by atoms with Gasteiger partial charge in [-0.2, -0.15) is 0 Å². The van der Waals surface area contributed by atoms with Crippen molar-refractivity contribution in [1.82, 2.24) is 0 Å². The Bertz CT molecular complexity index is 159. The third kappa shape index (κ3) is 2.80. The second kappa shape index (κ2) is 4.94. The molecule has 0 bridgehead atoms. The van der Waals surface area contributed by atoms with Crippen LogP contribution in [0.5, 0.6) is 0 Å². The lowest BCUT2D eigenvalue weighted by molar-refractivity contribution is 0.0327. The Morgan fingerprint density at radius 2 is 2.15 bits per heavy atom. The lowest BCUT2D eigenvalue weighted by Crippen LogP contribution is -2.24. The molecule has 2 nitrogen and oxygen atoms in total. The first kappa shape index (κ1) is 10.2. The minimum absolute atomic E-state index is 0.362. The maximum atomic E-state index is 5.79. The molecule has 13 heavy (non-hydrogen) atoms. The van der Waals surface area contributed by atoms with Gasteiger partial charge < -0.3 is 9.47 Å². The van der Waals surface area contributed by atoms with Gasteiger partial charge in [0, 0.05) is 6.61 Å². The van der Waals surface area contributed by atoms with E-state index >= 15 is 0 Å². The molecule has 0 N–H and O–H groups in total. The summed E-state index contributed by atoms with van der Waals surface area (Å²) in [7, 11) is 0. The van der Waals surface area contributed by atoms with Crippen LogP contribution in [-0.2, 0) is 9.47 Å². The summed E-state index contributed by atoms with van der Waals surface area (Å²) in [5.41, 5.74) is 0. The summed E-state index contributed by atoms with van der Waals surface area (Å²) in [6.45, 7) is 2.62. The second-order valence-electron chi connectivity index (χ2n) is 4.05. The average molecular weight is 296 g/mol. The molecule has 0 amide bonds. The summed E-state index contributed by atoms with van der Waals surface area (Å²) in [5, 5.41) is 0. The van der Waals surface area contributed by atoms with Crippen molar-refractivity contribution >= 4 is 22.6 Å². The topological polar surface area (TPSA) is 18.5 Å². The zero-order chi connectivity index (χ0) is 9.10. The molecule has 2 unspecified atom stereocenters. The molecular weight excluding hydrogens is 279 g/mol. The Labute approximate surface area is 93.5 Å². The van der Waals surface area contributed by atoms with Gasteiger partial charge in [0.05, 0.1) is 23.2 Å². The molecule has 0 aromatic rings. The molecule has 0 radical (unpaired) electrons. The molecule has 0 aromatic heterocycles. The summed E-state index contributed by atoms with van der Waals surface area (Å²) >= 11 is 2.42. The molecule has 1 heterocycles. The highest BCUT2D eigenvalue weighted by molar-refractivity contribution is 14.1. The van der Waals surface area contributed by atoms with E-state index in [9.17, 15) is 0 Å². The van der Waals surface area contributed by atoms with Crippen molar-refractivity contribution in [3.05, 3.63) is 0 Å². The third-order valence-corrected chi connectivity index (χ3v) is 4.21. The quantitative estimate of drug-likeness (QED) is 0.586. The van der Waals surface area contributed by atoms with Gasteiger partial charge in [0.1, 0.15) is 0 Å². The highest BCUT2D eigenvalue weighted by Gasteiger charge is 2.26. The molecule has 1 saturated heterocycles. The minimum Gasteiger partial charge on any atom is -0.378 e. The van der Waals surface area contributed by atoms with Crippen LogP contribution in [0, 0.1) is 5.92 Å². The van der Waals surface area contributed by atoms with E-state index in [2.05, 4.69) is 22.6 Å². The van der Waals surface area contributed by atoms with Crippen LogP contribution in [-0.4, -0.2) is 29.8 Å². The number of hydrogen-bond acceptors (Lipinski definition) is 2. The number of hydrogen-bond donors (Lipinski definition) is 0. The molecule has 1 saturated carbocycles. The van der Waals surface area contributed by atoms with Gasteiger partial charge in [-0.3, -0.25) is 0 Å². The van der Waals surface area contributed by atoms with Crippen LogP contribution >= 0.6 is 22.6 Å². The summed E-state index contributed by atoms with van der Waals surface area (Å²) in [6.07, 6.45) is 5.92. The largest absolute Gasteiger partial charge is 0.378 e. The van der Waals surface area contributed by atoms with E-state index in [1.165, 1.54) is 25.7 Å². The maximum absolute atomic E-state index is 5.79. The lowest BCUT2D eigenvalue weighted by atomic mass is 9.83. The molecule has 2 atom stereocenters. The van der Waals surface area contributed by atoms with E-state index < -0.39 is 0 Å². The second-order valence-corrected chi connectivity index (χ2v) is 5.65. The van der Waals surface area contributed by atoms with Crippen LogP contribution in [0.1, 0.15) is 25.7 Å². The molecule has 3 heteroatoms. The van der Waals surface area contributed by atoms with E-state index in [0.29, 0.717) is 10.0 Å². The van der Waals surface area contributed by atoms with Crippen molar-refractivity contribution in [3.8, 4) is 0 Å². The van der Waals surface area contributed by atoms with Crippen molar-refractivity contribution in [2.24, 2.45) is 5.92 Å². The fourth-order valence-corrected chi connectivity index (χ4v) is 2.50. The van der Waals surface area contributed by atoms with Crippen LogP contribution in [0.4, 0.5) is 0 Å². The maximum Gasteiger partial charge on any atom is 0.0948 e. The van der Waals surface area contributed by atoms with Crippen molar-refractivity contribution in [1.29, 1.82) is 0 Å². The first-order valence-corrected chi connectivity index (χ1v) is 6.44. The zero-order valence-electron chi connectivity index (χ0n) is 7.88. The van der Waals surface area contributed by atoms with Crippen molar-refractivity contribution in [3.63, 3.8) is 0 Å². The van der Waals surface area contributed by atoms with Gasteiger partial charge in [-0.05, 0) is 12.3 Å². The van der Waals surface area contributed by atoms with Crippen LogP contribution in [0.25, 0.3) is 0 Å². The Kier molecular flexibility index (Phi) is 3.86. The van der Waals surface area contributed by atoms with Gasteiger partial charge in [-0.15, -0.1) is 0 Å². The highest BCUT2D eigenvalue weighted by Crippen LogP contribution is 2.29. The molecule has 0 aromatic carbocycles. The van der Waals surface area contributed by atoms with E-state index in [-0.39, 0.29) is 0 Å². The van der Waals surface area contributed by atoms with Crippen molar-refractivity contribution in [2.75, 3.05) is 19.8 Å². The van der Waals surface area contributed by atoms with Crippen molar-refractivity contribution < 1.29 is 9.47 Å². The molecular formula is C10H17IO2. The number of alkyl halides is 1. The smallest absolute Gasteiger partial charge is 0.0948 e. The molecule has 1 aliphatic carbocycles. The Balaban J connectivity index is 1.56. The monoisotopic (exact) mass is 296 g/mol. The molecule has 2 aliphatic rings. The predicted octanol–water partition coefficient (Wildman–Crippen LogP) is 2.40. The first-order valence-electron chi connectivity index (χ1n) is 5.19.